The summed E-state index contributed by atoms with van der Waals surface area (Å²) < 4.78 is 0. The van der Waals surface area contributed by atoms with Gasteiger partial charge in [-0.25, -0.2) is 4.99 Å². The molecule has 0 aromatic rings. The van der Waals surface area contributed by atoms with Gasteiger partial charge in [-0.3, -0.25) is 0 Å². The van der Waals surface area contributed by atoms with E-state index in [0.717, 1.165) is 12.1 Å². The summed E-state index contributed by atoms with van der Waals surface area (Å²) in [7, 11) is 1.98. The first-order valence-electron chi connectivity index (χ1n) is 4.17. The second kappa shape index (κ2) is 4.45. The standard InChI is InChI=1S/C11H14N2/c1-4-5-6-7-11-8-10(2)12-9-13(11)3/h4-7,9H,1-2,8H2,3H3/b6-5-,11-7+. The van der Waals surface area contributed by atoms with Crippen LogP contribution in [-0.4, -0.2) is 18.3 Å². The van der Waals surface area contributed by atoms with Gasteiger partial charge in [0.15, 0.2) is 0 Å². The highest BCUT2D eigenvalue weighted by molar-refractivity contribution is 5.61. The van der Waals surface area contributed by atoms with Crippen molar-refractivity contribution in [3.05, 3.63) is 48.9 Å². The highest BCUT2D eigenvalue weighted by Gasteiger charge is 2.07. The van der Waals surface area contributed by atoms with Crippen LogP contribution in [0.4, 0.5) is 0 Å². The number of hydrogen-bond donors (Lipinski definition) is 0. The number of allylic oxidation sites excluding steroid dienone is 4. The van der Waals surface area contributed by atoms with E-state index in [1.165, 1.54) is 5.70 Å². The molecule has 0 aromatic heterocycles. The zero-order valence-corrected chi connectivity index (χ0v) is 7.90. The normalized spacial score (nSPS) is 20.2. The van der Waals surface area contributed by atoms with Crippen LogP contribution < -0.4 is 0 Å². The van der Waals surface area contributed by atoms with E-state index < -0.39 is 0 Å². The Balaban J connectivity index is 2.74. The topological polar surface area (TPSA) is 15.6 Å². The number of nitrogens with zero attached hydrogens (tertiary/aromatic N) is 2. The Labute approximate surface area is 79.3 Å². The molecular formula is C11H14N2. The quantitative estimate of drug-likeness (QED) is 0.587. The molecule has 1 heterocycles. The van der Waals surface area contributed by atoms with Crippen molar-refractivity contribution in [2.75, 3.05) is 7.05 Å². The lowest BCUT2D eigenvalue weighted by molar-refractivity contribution is 0.602. The minimum atomic E-state index is 0.814. The number of rotatable bonds is 2. The monoisotopic (exact) mass is 174 g/mol. The summed E-state index contributed by atoms with van der Waals surface area (Å²) in [6.07, 6.45) is 10.2. The molecule has 0 amide bonds. The Bertz CT molecular complexity index is 295. The predicted molar refractivity (Wildman–Crippen MR) is 57.4 cm³/mol. The smallest absolute Gasteiger partial charge is 0.0947 e. The van der Waals surface area contributed by atoms with E-state index in [4.69, 9.17) is 0 Å². The van der Waals surface area contributed by atoms with Gasteiger partial charge in [0, 0.05) is 24.9 Å². The molecule has 1 aliphatic heterocycles. The molecule has 13 heavy (non-hydrogen) atoms. The van der Waals surface area contributed by atoms with Crippen LogP contribution in [0.25, 0.3) is 0 Å². The first kappa shape index (κ1) is 9.52. The van der Waals surface area contributed by atoms with Crippen LogP contribution >= 0.6 is 0 Å². The molecule has 0 N–H and O–H groups in total. The maximum Gasteiger partial charge on any atom is 0.0947 e. The van der Waals surface area contributed by atoms with Crippen LogP contribution in [0.15, 0.2) is 53.8 Å². The van der Waals surface area contributed by atoms with Crippen LogP contribution in [0.1, 0.15) is 6.42 Å². The summed E-state index contributed by atoms with van der Waals surface area (Å²) in [5, 5.41) is 0. The van der Waals surface area contributed by atoms with Crippen LogP contribution in [0.3, 0.4) is 0 Å². The van der Waals surface area contributed by atoms with E-state index in [1.807, 2.05) is 30.2 Å². The van der Waals surface area contributed by atoms with Crippen molar-refractivity contribution in [1.29, 1.82) is 0 Å². The summed E-state index contributed by atoms with van der Waals surface area (Å²) in [5.41, 5.74) is 2.09. The van der Waals surface area contributed by atoms with Crippen molar-refractivity contribution >= 4 is 6.34 Å². The van der Waals surface area contributed by atoms with Gasteiger partial charge in [-0.15, -0.1) is 0 Å². The van der Waals surface area contributed by atoms with Gasteiger partial charge in [-0.2, -0.15) is 0 Å². The van der Waals surface area contributed by atoms with Crippen molar-refractivity contribution in [3.8, 4) is 0 Å². The van der Waals surface area contributed by atoms with Crippen molar-refractivity contribution < 1.29 is 0 Å². The summed E-state index contributed by atoms with van der Waals surface area (Å²) in [6.45, 7) is 7.42. The SMILES string of the molecule is C=C/C=C\C=C1/CC(=C)N=CN1C. The second-order valence-corrected chi connectivity index (χ2v) is 2.88. The Morgan fingerprint density at radius 1 is 1.54 bits per heavy atom. The maximum atomic E-state index is 4.11. The van der Waals surface area contributed by atoms with Gasteiger partial charge < -0.3 is 4.90 Å². The Hall–Kier alpha value is -1.57. The van der Waals surface area contributed by atoms with Gasteiger partial charge in [0.2, 0.25) is 0 Å². The molecule has 0 aromatic carbocycles. The van der Waals surface area contributed by atoms with Gasteiger partial charge in [0.25, 0.3) is 0 Å². The molecule has 0 radical (unpaired) electrons. The van der Waals surface area contributed by atoms with E-state index >= 15 is 0 Å². The lowest BCUT2D eigenvalue weighted by Crippen LogP contribution is -2.19. The molecule has 0 bridgehead atoms. The zero-order chi connectivity index (χ0) is 9.68. The average Bonchev–Trinajstić information content (AvgIpc) is 2.11. The molecule has 0 atom stereocenters. The molecule has 0 unspecified atom stereocenters. The molecule has 0 saturated heterocycles. The van der Waals surface area contributed by atoms with Crippen molar-refractivity contribution in [1.82, 2.24) is 4.90 Å². The van der Waals surface area contributed by atoms with Gasteiger partial charge in [0.1, 0.15) is 0 Å². The third kappa shape index (κ3) is 2.75. The molecule has 2 nitrogen and oxygen atoms in total. The maximum absolute atomic E-state index is 4.11. The zero-order valence-electron chi connectivity index (χ0n) is 7.90. The lowest BCUT2D eigenvalue weighted by atomic mass is 10.2. The summed E-state index contributed by atoms with van der Waals surface area (Å²) in [5.74, 6) is 0. The Kier molecular flexibility index (Phi) is 3.26. The minimum absolute atomic E-state index is 0.814. The minimum Gasteiger partial charge on any atom is -0.339 e. The van der Waals surface area contributed by atoms with E-state index in [-0.39, 0.29) is 0 Å². The van der Waals surface area contributed by atoms with Gasteiger partial charge >= 0.3 is 0 Å². The molecule has 0 saturated carbocycles. The van der Waals surface area contributed by atoms with Crippen molar-refractivity contribution in [3.63, 3.8) is 0 Å². The average molecular weight is 174 g/mol. The van der Waals surface area contributed by atoms with Crippen LogP contribution in [-0.2, 0) is 0 Å². The fraction of sp³-hybridized carbons (Fsp3) is 0.182. The van der Waals surface area contributed by atoms with E-state index in [9.17, 15) is 0 Å². The highest BCUT2D eigenvalue weighted by Crippen LogP contribution is 2.17. The summed E-state index contributed by atoms with van der Waals surface area (Å²) >= 11 is 0. The van der Waals surface area contributed by atoms with Gasteiger partial charge in [0.05, 0.1) is 6.34 Å². The second-order valence-electron chi connectivity index (χ2n) is 2.88. The molecule has 0 aliphatic carbocycles. The van der Waals surface area contributed by atoms with Crippen LogP contribution in [0, 0.1) is 0 Å². The molecule has 68 valence electrons. The summed E-state index contributed by atoms with van der Waals surface area (Å²) in [6, 6.07) is 0. The molecule has 0 fully saturated rings. The Morgan fingerprint density at radius 2 is 2.31 bits per heavy atom. The first-order chi connectivity index (χ1) is 6.24. The van der Waals surface area contributed by atoms with Crippen LogP contribution in [0.2, 0.25) is 0 Å². The fourth-order valence-electron chi connectivity index (χ4n) is 1.04. The third-order valence-corrected chi connectivity index (χ3v) is 1.79. The van der Waals surface area contributed by atoms with Crippen LogP contribution in [0.5, 0.6) is 0 Å². The van der Waals surface area contributed by atoms with Gasteiger partial charge in [-0.05, 0) is 6.08 Å². The lowest BCUT2D eigenvalue weighted by Gasteiger charge is -2.21. The highest BCUT2D eigenvalue weighted by atomic mass is 15.2. The molecular weight excluding hydrogens is 160 g/mol. The van der Waals surface area contributed by atoms with Gasteiger partial charge in [-0.1, -0.05) is 31.4 Å². The van der Waals surface area contributed by atoms with E-state index in [0.29, 0.717) is 0 Å². The van der Waals surface area contributed by atoms with E-state index in [1.54, 1.807) is 12.4 Å². The summed E-state index contributed by atoms with van der Waals surface area (Å²) in [4.78, 5) is 6.10. The number of hydrogen-bond acceptors (Lipinski definition) is 2. The first-order valence-corrected chi connectivity index (χ1v) is 4.17. The largest absolute Gasteiger partial charge is 0.339 e. The molecule has 2 heteroatoms. The van der Waals surface area contributed by atoms with Crippen molar-refractivity contribution in [2.24, 2.45) is 4.99 Å². The molecule has 1 rings (SSSR count). The van der Waals surface area contributed by atoms with E-state index in [2.05, 4.69) is 18.2 Å². The fourth-order valence-corrected chi connectivity index (χ4v) is 1.04. The van der Waals surface area contributed by atoms with Crippen molar-refractivity contribution in [2.45, 2.75) is 6.42 Å². The molecule has 1 aliphatic rings. The predicted octanol–water partition coefficient (Wildman–Crippen LogP) is 2.49. The third-order valence-electron chi connectivity index (χ3n) is 1.79. The molecule has 0 spiro atoms. The number of aliphatic imine (C=N–C) groups is 1. The Morgan fingerprint density at radius 3 is 3.00 bits per heavy atom.